The molecule has 2 rings (SSSR count). The van der Waals surface area contributed by atoms with E-state index >= 15 is 0 Å². The van der Waals surface area contributed by atoms with Crippen LogP contribution in [-0.4, -0.2) is 21.4 Å². The van der Waals surface area contributed by atoms with Gasteiger partial charge in [0.05, 0.1) is 0 Å². The topological polar surface area (TPSA) is 77.8 Å². The monoisotopic (exact) mass is 296 g/mol. The second-order valence-electron chi connectivity index (χ2n) is 4.63. The number of nitrogens with zero attached hydrogens (tertiary/aromatic N) is 2. The summed E-state index contributed by atoms with van der Waals surface area (Å²) >= 11 is 7.25. The Hall–Kier alpha value is -1.01. The summed E-state index contributed by atoms with van der Waals surface area (Å²) in [7, 11) is 0. The minimum atomic E-state index is -0.0728. The Bertz CT molecular complexity index is 524. The Balaban J connectivity index is 1.99. The first-order valence-corrected chi connectivity index (χ1v) is 7.27. The standard InChI is InChI=1S/C13H17ClN4S/c1-8(15)11(16)7-13-17-12(18-19-13)6-9-2-4-10(14)5-3-9/h2-5,8,11H,6-7,15-16H2,1H3. The summed E-state index contributed by atoms with van der Waals surface area (Å²) in [5.41, 5.74) is 12.8. The van der Waals surface area contributed by atoms with Gasteiger partial charge in [0, 0.05) is 29.9 Å². The van der Waals surface area contributed by atoms with Gasteiger partial charge < -0.3 is 11.5 Å². The molecule has 4 N–H and O–H groups in total. The van der Waals surface area contributed by atoms with Crippen LogP contribution in [0, 0.1) is 0 Å². The molecular weight excluding hydrogens is 280 g/mol. The number of aromatic nitrogens is 2. The molecule has 0 saturated carbocycles. The van der Waals surface area contributed by atoms with E-state index in [1.54, 1.807) is 0 Å². The molecule has 0 spiro atoms. The van der Waals surface area contributed by atoms with Crippen molar-refractivity contribution in [2.24, 2.45) is 11.5 Å². The lowest BCUT2D eigenvalue weighted by Gasteiger charge is -2.12. The molecule has 2 unspecified atom stereocenters. The van der Waals surface area contributed by atoms with Crippen molar-refractivity contribution in [3.8, 4) is 0 Å². The first kappa shape index (κ1) is 14.4. The van der Waals surface area contributed by atoms with Crippen molar-refractivity contribution in [3.05, 3.63) is 45.7 Å². The van der Waals surface area contributed by atoms with Crippen LogP contribution in [-0.2, 0) is 12.8 Å². The summed E-state index contributed by atoms with van der Waals surface area (Å²) in [6.07, 6.45) is 1.39. The van der Waals surface area contributed by atoms with Crippen LogP contribution in [0.1, 0.15) is 23.3 Å². The molecule has 0 bridgehead atoms. The quantitative estimate of drug-likeness (QED) is 0.884. The van der Waals surface area contributed by atoms with E-state index in [0.29, 0.717) is 12.8 Å². The Labute approximate surface area is 122 Å². The van der Waals surface area contributed by atoms with Gasteiger partial charge in [-0.1, -0.05) is 23.7 Å². The molecule has 4 nitrogen and oxygen atoms in total. The van der Waals surface area contributed by atoms with Crippen molar-refractivity contribution < 1.29 is 0 Å². The Morgan fingerprint density at radius 1 is 1.26 bits per heavy atom. The fourth-order valence-electron chi connectivity index (χ4n) is 1.62. The molecule has 1 aromatic heterocycles. The fourth-order valence-corrected chi connectivity index (χ4v) is 2.47. The number of rotatable bonds is 5. The van der Waals surface area contributed by atoms with Crippen molar-refractivity contribution in [1.82, 2.24) is 9.36 Å². The van der Waals surface area contributed by atoms with Gasteiger partial charge in [0.15, 0.2) is 0 Å². The van der Waals surface area contributed by atoms with Crippen molar-refractivity contribution >= 4 is 23.1 Å². The van der Waals surface area contributed by atoms with E-state index in [4.69, 9.17) is 23.1 Å². The summed E-state index contributed by atoms with van der Waals surface area (Å²) in [4.78, 5) is 4.49. The Morgan fingerprint density at radius 2 is 1.95 bits per heavy atom. The molecule has 19 heavy (non-hydrogen) atoms. The third-order valence-electron chi connectivity index (χ3n) is 2.87. The molecule has 0 aliphatic rings. The molecule has 0 aliphatic heterocycles. The maximum atomic E-state index is 5.93. The molecule has 6 heteroatoms. The summed E-state index contributed by atoms with van der Waals surface area (Å²) in [5.74, 6) is 0.819. The normalized spacial score (nSPS) is 14.3. The summed E-state index contributed by atoms with van der Waals surface area (Å²) in [6.45, 7) is 1.90. The van der Waals surface area contributed by atoms with Gasteiger partial charge in [-0.3, -0.25) is 0 Å². The van der Waals surface area contributed by atoms with E-state index in [0.717, 1.165) is 21.4 Å². The highest BCUT2D eigenvalue weighted by molar-refractivity contribution is 7.05. The van der Waals surface area contributed by atoms with Crippen molar-refractivity contribution in [2.45, 2.75) is 31.8 Å². The molecule has 1 heterocycles. The van der Waals surface area contributed by atoms with Crippen molar-refractivity contribution in [3.63, 3.8) is 0 Å². The third kappa shape index (κ3) is 4.24. The first-order chi connectivity index (χ1) is 9.04. The molecule has 1 aromatic carbocycles. The smallest absolute Gasteiger partial charge is 0.146 e. The minimum absolute atomic E-state index is 0.0383. The average molecular weight is 297 g/mol. The predicted molar refractivity (Wildman–Crippen MR) is 79.5 cm³/mol. The molecule has 102 valence electrons. The number of hydrogen-bond donors (Lipinski definition) is 2. The molecule has 0 saturated heterocycles. The molecular formula is C13H17ClN4S. The second-order valence-corrected chi connectivity index (χ2v) is 5.91. The highest BCUT2D eigenvalue weighted by atomic mass is 35.5. The summed E-state index contributed by atoms with van der Waals surface area (Å²) in [6, 6.07) is 7.60. The Kier molecular flexibility index (Phi) is 4.87. The maximum absolute atomic E-state index is 5.93. The van der Waals surface area contributed by atoms with Gasteiger partial charge in [0.2, 0.25) is 0 Å². The molecule has 2 atom stereocenters. The molecule has 0 radical (unpaired) electrons. The Morgan fingerprint density at radius 3 is 2.58 bits per heavy atom. The first-order valence-electron chi connectivity index (χ1n) is 6.11. The van der Waals surface area contributed by atoms with Crippen LogP contribution in [0.5, 0.6) is 0 Å². The fraction of sp³-hybridized carbons (Fsp3) is 0.385. The molecule has 2 aromatic rings. The van der Waals surface area contributed by atoms with Crippen LogP contribution < -0.4 is 11.5 Å². The zero-order valence-corrected chi connectivity index (χ0v) is 12.3. The van der Waals surface area contributed by atoms with Gasteiger partial charge in [-0.2, -0.15) is 4.37 Å². The van der Waals surface area contributed by atoms with Crippen LogP contribution in [0.15, 0.2) is 24.3 Å². The zero-order valence-electron chi connectivity index (χ0n) is 10.7. The van der Waals surface area contributed by atoms with Gasteiger partial charge in [0.25, 0.3) is 0 Å². The molecule has 0 aliphatic carbocycles. The highest BCUT2D eigenvalue weighted by Crippen LogP contribution is 2.14. The van der Waals surface area contributed by atoms with Crippen LogP contribution >= 0.6 is 23.1 Å². The molecule has 0 amide bonds. The number of hydrogen-bond acceptors (Lipinski definition) is 5. The summed E-state index contributed by atoms with van der Waals surface area (Å²) in [5, 5.41) is 1.67. The van der Waals surface area contributed by atoms with Gasteiger partial charge in [-0.25, -0.2) is 4.98 Å². The van der Waals surface area contributed by atoms with Gasteiger partial charge in [-0.05, 0) is 36.2 Å². The van der Waals surface area contributed by atoms with E-state index in [1.807, 2.05) is 31.2 Å². The lowest BCUT2D eigenvalue weighted by molar-refractivity contribution is 0.556. The third-order valence-corrected chi connectivity index (χ3v) is 3.89. The summed E-state index contributed by atoms with van der Waals surface area (Å²) < 4.78 is 4.35. The van der Waals surface area contributed by atoms with Crippen molar-refractivity contribution in [1.29, 1.82) is 0 Å². The SMILES string of the molecule is CC(N)C(N)Cc1nc(Cc2ccc(Cl)cc2)ns1. The zero-order chi connectivity index (χ0) is 13.8. The number of halogens is 1. The van der Waals surface area contributed by atoms with E-state index in [-0.39, 0.29) is 12.1 Å². The maximum Gasteiger partial charge on any atom is 0.146 e. The van der Waals surface area contributed by atoms with E-state index in [2.05, 4.69) is 9.36 Å². The van der Waals surface area contributed by atoms with Gasteiger partial charge in [-0.15, -0.1) is 0 Å². The second kappa shape index (κ2) is 6.43. The highest BCUT2D eigenvalue weighted by Gasteiger charge is 2.12. The molecule has 0 fully saturated rings. The largest absolute Gasteiger partial charge is 0.327 e. The van der Waals surface area contributed by atoms with E-state index < -0.39 is 0 Å². The van der Waals surface area contributed by atoms with Crippen LogP contribution in [0.25, 0.3) is 0 Å². The lowest BCUT2D eigenvalue weighted by Crippen LogP contribution is -2.40. The lowest BCUT2D eigenvalue weighted by atomic mass is 10.1. The number of nitrogens with two attached hydrogens (primary N) is 2. The van der Waals surface area contributed by atoms with Crippen molar-refractivity contribution in [2.75, 3.05) is 0 Å². The van der Waals surface area contributed by atoms with E-state index in [9.17, 15) is 0 Å². The van der Waals surface area contributed by atoms with Gasteiger partial charge in [0.1, 0.15) is 10.8 Å². The van der Waals surface area contributed by atoms with Crippen LogP contribution in [0.3, 0.4) is 0 Å². The predicted octanol–water partition coefficient (Wildman–Crippen LogP) is 2.00. The van der Waals surface area contributed by atoms with Crippen LogP contribution in [0.4, 0.5) is 0 Å². The van der Waals surface area contributed by atoms with Gasteiger partial charge >= 0.3 is 0 Å². The minimum Gasteiger partial charge on any atom is -0.327 e. The van der Waals surface area contributed by atoms with Crippen LogP contribution in [0.2, 0.25) is 5.02 Å². The number of benzene rings is 1. The average Bonchev–Trinajstić information content (AvgIpc) is 2.79. The van der Waals surface area contributed by atoms with E-state index in [1.165, 1.54) is 11.5 Å².